The fraction of sp³-hybridized carbons (Fsp3) is 0.667. The molecule has 20 heavy (non-hydrogen) atoms. The van der Waals surface area contributed by atoms with Gasteiger partial charge in [0.15, 0.2) is 5.69 Å². The lowest BCUT2D eigenvalue weighted by Gasteiger charge is -2.38. The Hall–Kier alpha value is -1.96. The minimum atomic E-state index is -1.16. The van der Waals surface area contributed by atoms with E-state index in [-0.39, 0.29) is 30.3 Å². The second kappa shape index (κ2) is 6.00. The summed E-state index contributed by atoms with van der Waals surface area (Å²) in [4.78, 5) is 24.8. The van der Waals surface area contributed by atoms with Crippen molar-refractivity contribution < 1.29 is 19.4 Å². The Morgan fingerprint density at radius 1 is 1.55 bits per heavy atom. The fourth-order valence-corrected chi connectivity index (χ4v) is 2.19. The van der Waals surface area contributed by atoms with E-state index < -0.39 is 5.97 Å². The highest BCUT2D eigenvalue weighted by Gasteiger charge is 2.29. The quantitative estimate of drug-likeness (QED) is 0.835. The largest absolute Gasteiger partial charge is 0.476 e. The Morgan fingerprint density at radius 3 is 2.90 bits per heavy atom. The van der Waals surface area contributed by atoms with Gasteiger partial charge in [-0.1, -0.05) is 12.1 Å². The van der Waals surface area contributed by atoms with Gasteiger partial charge in [0, 0.05) is 6.54 Å². The molecular weight excluding hydrogens is 264 g/mol. The molecule has 1 N–H and O–H groups in total. The number of carbonyl (C=O) groups excluding carboxylic acids is 1. The van der Waals surface area contributed by atoms with Gasteiger partial charge in [-0.3, -0.25) is 4.79 Å². The Balaban J connectivity index is 2.03. The minimum Gasteiger partial charge on any atom is -0.476 e. The first-order valence-corrected chi connectivity index (χ1v) is 6.55. The highest BCUT2D eigenvalue weighted by atomic mass is 16.5. The van der Waals surface area contributed by atoms with Crippen molar-refractivity contribution in [1.29, 1.82) is 0 Å². The number of nitrogens with zero attached hydrogens (tertiary/aromatic N) is 4. The number of amides is 1. The number of hydrogen-bond donors (Lipinski definition) is 1. The van der Waals surface area contributed by atoms with Crippen molar-refractivity contribution in [2.45, 2.75) is 39.0 Å². The summed E-state index contributed by atoms with van der Waals surface area (Å²) in [7, 11) is 0. The van der Waals surface area contributed by atoms with Crippen LogP contribution in [0.5, 0.6) is 0 Å². The van der Waals surface area contributed by atoms with Crippen molar-refractivity contribution in [2.24, 2.45) is 0 Å². The molecule has 110 valence electrons. The number of ether oxygens (including phenoxy) is 1. The average Bonchev–Trinajstić information content (AvgIpc) is 2.87. The van der Waals surface area contributed by atoms with Crippen molar-refractivity contribution in [3.8, 4) is 0 Å². The molecule has 8 nitrogen and oxygen atoms in total. The minimum absolute atomic E-state index is 0.00655. The smallest absolute Gasteiger partial charge is 0.358 e. The van der Waals surface area contributed by atoms with Gasteiger partial charge in [-0.2, -0.15) is 0 Å². The zero-order valence-electron chi connectivity index (χ0n) is 11.5. The molecule has 0 spiro atoms. The maximum atomic E-state index is 12.3. The van der Waals surface area contributed by atoms with Crippen LogP contribution in [0.4, 0.5) is 0 Å². The van der Waals surface area contributed by atoms with Crippen LogP contribution in [0.15, 0.2) is 6.20 Å². The molecule has 1 aromatic heterocycles. The highest BCUT2D eigenvalue weighted by molar-refractivity contribution is 5.84. The fourth-order valence-electron chi connectivity index (χ4n) is 2.19. The third kappa shape index (κ3) is 3.13. The van der Waals surface area contributed by atoms with Gasteiger partial charge in [0.1, 0.15) is 6.54 Å². The number of morpholine rings is 1. The SMILES string of the molecule is CCC1COC(C)CN1C(=O)Cn1cc(C(=O)O)nn1. The summed E-state index contributed by atoms with van der Waals surface area (Å²) in [5.41, 5.74) is -0.166. The van der Waals surface area contributed by atoms with Gasteiger partial charge >= 0.3 is 5.97 Å². The van der Waals surface area contributed by atoms with Crippen LogP contribution < -0.4 is 0 Å². The maximum Gasteiger partial charge on any atom is 0.358 e. The molecule has 2 atom stereocenters. The van der Waals surface area contributed by atoms with Crippen molar-refractivity contribution in [1.82, 2.24) is 19.9 Å². The number of carboxylic acid groups (broad SMARTS) is 1. The van der Waals surface area contributed by atoms with Gasteiger partial charge in [-0.25, -0.2) is 9.48 Å². The van der Waals surface area contributed by atoms with Gasteiger partial charge in [-0.05, 0) is 13.3 Å². The standard InChI is InChI=1S/C12H18N4O4/c1-3-9-7-20-8(2)4-16(9)11(17)6-15-5-10(12(18)19)13-14-15/h5,8-9H,3-4,6-7H2,1-2H3,(H,18,19). The molecule has 2 rings (SSSR count). The lowest BCUT2D eigenvalue weighted by molar-refractivity contribution is -0.145. The molecule has 8 heteroatoms. The topological polar surface area (TPSA) is 97.5 Å². The van der Waals surface area contributed by atoms with Gasteiger partial charge < -0.3 is 14.7 Å². The lowest BCUT2D eigenvalue weighted by atomic mass is 10.1. The number of hydrogen-bond acceptors (Lipinski definition) is 5. The molecule has 2 heterocycles. The van der Waals surface area contributed by atoms with E-state index in [0.29, 0.717) is 13.2 Å². The second-order valence-corrected chi connectivity index (χ2v) is 4.86. The normalized spacial score (nSPS) is 22.8. The third-order valence-electron chi connectivity index (χ3n) is 3.31. The predicted molar refractivity (Wildman–Crippen MR) is 68.2 cm³/mol. The second-order valence-electron chi connectivity index (χ2n) is 4.86. The van der Waals surface area contributed by atoms with E-state index in [0.717, 1.165) is 6.42 Å². The summed E-state index contributed by atoms with van der Waals surface area (Å²) in [5, 5.41) is 15.9. The molecule has 1 saturated heterocycles. The van der Waals surface area contributed by atoms with E-state index in [2.05, 4.69) is 10.3 Å². The van der Waals surface area contributed by atoms with Crippen molar-refractivity contribution in [2.75, 3.05) is 13.2 Å². The van der Waals surface area contributed by atoms with Crippen LogP contribution >= 0.6 is 0 Å². The van der Waals surface area contributed by atoms with E-state index >= 15 is 0 Å². The summed E-state index contributed by atoms with van der Waals surface area (Å²) in [6.07, 6.45) is 2.08. The van der Waals surface area contributed by atoms with E-state index in [1.54, 1.807) is 4.90 Å². The average molecular weight is 282 g/mol. The lowest BCUT2D eigenvalue weighted by Crippen LogP contribution is -2.52. The number of aromatic carboxylic acids is 1. The van der Waals surface area contributed by atoms with Gasteiger partial charge in [-0.15, -0.1) is 5.10 Å². The number of carboxylic acids is 1. The van der Waals surface area contributed by atoms with Crippen molar-refractivity contribution >= 4 is 11.9 Å². The number of aromatic nitrogens is 3. The molecule has 1 aliphatic heterocycles. The Bertz CT molecular complexity index is 501. The Labute approximate surface area is 116 Å². The zero-order chi connectivity index (χ0) is 14.7. The first-order valence-electron chi connectivity index (χ1n) is 6.55. The molecule has 0 radical (unpaired) electrons. The molecule has 1 fully saturated rings. The summed E-state index contributed by atoms with van der Waals surface area (Å²) in [5.74, 6) is -1.26. The van der Waals surface area contributed by atoms with Crippen molar-refractivity contribution in [3.05, 3.63) is 11.9 Å². The van der Waals surface area contributed by atoms with Crippen LogP contribution in [0.1, 0.15) is 30.8 Å². The summed E-state index contributed by atoms with van der Waals surface area (Å²) >= 11 is 0. The molecule has 1 amide bonds. The monoisotopic (exact) mass is 282 g/mol. The molecule has 0 saturated carbocycles. The van der Waals surface area contributed by atoms with Crippen LogP contribution in [0, 0.1) is 0 Å². The molecule has 0 bridgehead atoms. The van der Waals surface area contributed by atoms with Crippen LogP contribution in [-0.4, -0.2) is 62.2 Å². The molecule has 0 aromatic carbocycles. The summed E-state index contributed by atoms with van der Waals surface area (Å²) in [6.45, 7) is 4.98. The Kier molecular flexibility index (Phi) is 4.33. The van der Waals surface area contributed by atoms with E-state index in [1.165, 1.54) is 10.9 Å². The molecule has 1 aromatic rings. The van der Waals surface area contributed by atoms with Gasteiger partial charge in [0.2, 0.25) is 5.91 Å². The maximum absolute atomic E-state index is 12.3. The molecule has 0 aliphatic carbocycles. The molecule has 2 unspecified atom stereocenters. The zero-order valence-corrected chi connectivity index (χ0v) is 11.5. The third-order valence-corrected chi connectivity index (χ3v) is 3.31. The first-order chi connectivity index (χ1) is 9.51. The van der Waals surface area contributed by atoms with Crippen molar-refractivity contribution in [3.63, 3.8) is 0 Å². The predicted octanol–water partition coefficient (Wildman–Crippen LogP) is 0.00220. The van der Waals surface area contributed by atoms with Crippen LogP contribution in [0.3, 0.4) is 0 Å². The van der Waals surface area contributed by atoms with Crippen LogP contribution in [-0.2, 0) is 16.1 Å². The van der Waals surface area contributed by atoms with E-state index in [4.69, 9.17) is 9.84 Å². The summed E-state index contributed by atoms with van der Waals surface area (Å²) in [6, 6.07) is 0.0566. The first kappa shape index (κ1) is 14.4. The summed E-state index contributed by atoms with van der Waals surface area (Å²) < 4.78 is 6.79. The highest BCUT2D eigenvalue weighted by Crippen LogP contribution is 2.15. The molecule has 1 aliphatic rings. The van der Waals surface area contributed by atoms with E-state index in [1.807, 2.05) is 13.8 Å². The number of rotatable bonds is 4. The molecular formula is C12H18N4O4. The van der Waals surface area contributed by atoms with E-state index in [9.17, 15) is 9.59 Å². The Morgan fingerprint density at radius 2 is 2.30 bits per heavy atom. The van der Waals surface area contributed by atoms with Gasteiger partial charge in [0.05, 0.1) is 24.9 Å². The van der Waals surface area contributed by atoms with Crippen LogP contribution in [0.25, 0.3) is 0 Å². The number of carbonyl (C=O) groups is 2. The van der Waals surface area contributed by atoms with Crippen LogP contribution in [0.2, 0.25) is 0 Å². The van der Waals surface area contributed by atoms with Gasteiger partial charge in [0.25, 0.3) is 0 Å².